The van der Waals surface area contributed by atoms with Gasteiger partial charge in [0.25, 0.3) is 0 Å². The Hall–Kier alpha value is -1.22. The molecule has 1 amide bonds. The maximum absolute atomic E-state index is 11.8. The topological polar surface area (TPSA) is 29.1 Å². The third kappa shape index (κ3) is 6.38. The number of rotatable bonds is 7. The summed E-state index contributed by atoms with van der Waals surface area (Å²) in [5.41, 5.74) is 4.09. The molecule has 0 spiro atoms. The smallest absolute Gasteiger partial charge is 0.230 e. The highest BCUT2D eigenvalue weighted by molar-refractivity contribution is 7.99. The summed E-state index contributed by atoms with van der Waals surface area (Å²) in [6.45, 7) is 2.89. The van der Waals surface area contributed by atoms with Crippen LogP contribution in [-0.4, -0.2) is 18.2 Å². The monoisotopic (exact) mass is 303 g/mol. The normalized spacial score (nSPS) is 14.6. The minimum absolute atomic E-state index is 0.157. The third-order valence-corrected chi connectivity index (χ3v) is 4.74. The van der Waals surface area contributed by atoms with E-state index in [2.05, 4.69) is 42.6 Å². The molecule has 114 valence electrons. The van der Waals surface area contributed by atoms with Gasteiger partial charge in [-0.1, -0.05) is 41.5 Å². The Balaban J connectivity index is 1.58. The van der Waals surface area contributed by atoms with Crippen LogP contribution in [0.1, 0.15) is 43.2 Å². The molecule has 3 heteroatoms. The van der Waals surface area contributed by atoms with Crippen LogP contribution >= 0.6 is 11.8 Å². The molecule has 2 rings (SSSR count). The van der Waals surface area contributed by atoms with Gasteiger partial charge >= 0.3 is 0 Å². The van der Waals surface area contributed by atoms with Gasteiger partial charge in [0.05, 0.1) is 5.75 Å². The quantitative estimate of drug-likeness (QED) is 0.764. The van der Waals surface area contributed by atoms with Crippen molar-refractivity contribution in [1.82, 2.24) is 5.32 Å². The van der Waals surface area contributed by atoms with Crippen LogP contribution in [0, 0.1) is 6.92 Å². The van der Waals surface area contributed by atoms with Crippen LogP contribution in [0.25, 0.3) is 0 Å². The zero-order chi connectivity index (χ0) is 14.9. The van der Waals surface area contributed by atoms with E-state index in [1.807, 2.05) is 0 Å². The number of carbonyl (C=O) groups excluding carboxylic acids is 1. The molecule has 1 aromatic carbocycles. The summed E-state index contributed by atoms with van der Waals surface area (Å²) in [4.78, 5) is 11.8. The van der Waals surface area contributed by atoms with Crippen LogP contribution in [0.3, 0.4) is 0 Å². The van der Waals surface area contributed by atoms with Gasteiger partial charge in [0.2, 0.25) is 5.91 Å². The number of allylic oxidation sites excluding steroid dienone is 1. The summed E-state index contributed by atoms with van der Waals surface area (Å²) in [6, 6.07) is 8.47. The van der Waals surface area contributed by atoms with E-state index in [1.54, 1.807) is 11.8 Å². The van der Waals surface area contributed by atoms with Crippen molar-refractivity contribution < 1.29 is 4.79 Å². The van der Waals surface area contributed by atoms with Gasteiger partial charge in [0.15, 0.2) is 0 Å². The summed E-state index contributed by atoms with van der Waals surface area (Å²) in [5.74, 6) is 1.61. The molecule has 0 saturated heterocycles. The van der Waals surface area contributed by atoms with Crippen molar-refractivity contribution in [3.05, 3.63) is 47.0 Å². The lowest BCUT2D eigenvalue weighted by Crippen LogP contribution is -2.26. The number of amides is 1. The van der Waals surface area contributed by atoms with Crippen molar-refractivity contribution in [2.45, 2.75) is 44.8 Å². The summed E-state index contributed by atoms with van der Waals surface area (Å²) in [6.07, 6.45) is 8.45. The Morgan fingerprint density at radius 3 is 3.00 bits per heavy atom. The molecule has 21 heavy (non-hydrogen) atoms. The van der Waals surface area contributed by atoms with Crippen LogP contribution in [-0.2, 0) is 10.5 Å². The maximum Gasteiger partial charge on any atom is 0.230 e. The van der Waals surface area contributed by atoms with Gasteiger partial charge in [-0.2, -0.15) is 0 Å². The van der Waals surface area contributed by atoms with Crippen LogP contribution in [0.4, 0.5) is 0 Å². The SMILES string of the molecule is Cc1cccc(CSCC(=O)NCCC2=CCCCC2)c1. The summed E-state index contributed by atoms with van der Waals surface area (Å²) >= 11 is 1.68. The average molecular weight is 303 g/mol. The minimum atomic E-state index is 0.157. The largest absolute Gasteiger partial charge is 0.355 e. The van der Waals surface area contributed by atoms with Crippen LogP contribution in [0.15, 0.2) is 35.9 Å². The molecule has 1 aliphatic rings. The van der Waals surface area contributed by atoms with E-state index in [1.165, 1.54) is 42.4 Å². The first-order valence-electron chi connectivity index (χ1n) is 7.82. The first-order chi connectivity index (χ1) is 10.2. The number of benzene rings is 1. The minimum Gasteiger partial charge on any atom is -0.355 e. The summed E-state index contributed by atoms with van der Waals surface area (Å²) in [7, 11) is 0. The molecule has 0 aromatic heterocycles. The first kappa shape index (κ1) is 16.2. The molecule has 0 fully saturated rings. The number of nitrogens with one attached hydrogen (secondary N) is 1. The second kappa shape index (κ2) is 8.93. The molecule has 0 heterocycles. The van der Waals surface area contributed by atoms with Crippen molar-refractivity contribution in [3.8, 4) is 0 Å². The van der Waals surface area contributed by atoms with Crippen LogP contribution in [0.5, 0.6) is 0 Å². The van der Waals surface area contributed by atoms with E-state index >= 15 is 0 Å². The van der Waals surface area contributed by atoms with Crippen molar-refractivity contribution in [3.63, 3.8) is 0 Å². The van der Waals surface area contributed by atoms with E-state index in [4.69, 9.17) is 0 Å². The van der Waals surface area contributed by atoms with Crippen molar-refractivity contribution in [1.29, 1.82) is 0 Å². The lowest BCUT2D eigenvalue weighted by atomic mass is 9.97. The summed E-state index contributed by atoms with van der Waals surface area (Å²) in [5, 5.41) is 3.03. The van der Waals surface area contributed by atoms with E-state index in [-0.39, 0.29) is 5.91 Å². The lowest BCUT2D eigenvalue weighted by Gasteiger charge is -2.12. The Labute approximate surface area is 132 Å². The highest BCUT2D eigenvalue weighted by atomic mass is 32.2. The van der Waals surface area contributed by atoms with Crippen molar-refractivity contribution >= 4 is 17.7 Å². The van der Waals surface area contributed by atoms with E-state index < -0.39 is 0 Å². The molecule has 0 radical (unpaired) electrons. The fourth-order valence-electron chi connectivity index (χ4n) is 2.61. The molecular formula is C18H25NOS. The molecule has 0 bridgehead atoms. The fraction of sp³-hybridized carbons (Fsp3) is 0.500. The molecule has 0 unspecified atom stereocenters. The Morgan fingerprint density at radius 1 is 1.33 bits per heavy atom. The average Bonchev–Trinajstić information content (AvgIpc) is 2.48. The van der Waals surface area contributed by atoms with Gasteiger partial charge in [0.1, 0.15) is 0 Å². The van der Waals surface area contributed by atoms with Crippen molar-refractivity contribution in [2.75, 3.05) is 12.3 Å². The summed E-state index contributed by atoms with van der Waals surface area (Å²) < 4.78 is 0. The van der Waals surface area contributed by atoms with Crippen molar-refractivity contribution in [2.24, 2.45) is 0 Å². The van der Waals surface area contributed by atoms with Gasteiger partial charge in [-0.25, -0.2) is 0 Å². The fourth-order valence-corrected chi connectivity index (χ4v) is 3.41. The molecular weight excluding hydrogens is 278 g/mol. The molecule has 0 atom stereocenters. The van der Waals surface area contributed by atoms with Crippen LogP contribution < -0.4 is 5.32 Å². The maximum atomic E-state index is 11.8. The highest BCUT2D eigenvalue weighted by Crippen LogP contribution is 2.19. The lowest BCUT2D eigenvalue weighted by molar-refractivity contribution is -0.118. The Morgan fingerprint density at radius 2 is 2.24 bits per heavy atom. The zero-order valence-corrected chi connectivity index (χ0v) is 13.7. The number of hydrogen-bond donors (Lipinski definition) is 1. The Bertz CT molecular complexity index is 496. The molecule has 0 aliphatic heterocycles. The van der Waals surface area contributed by atoms with E-state index in [0.29, 0.717) is 5.75 Å². The van der Waals surface area contributed by atoms with Crippen LogP contribution in [0.2, 0.25) is 0 Å². The van der Waals surface area contributed by atoms with Gasteiger partial charge in [-0.15, -0.1) is 11.8 Å². The molecule has 0 saturated carbocycles. The van der Waals surface area contributed by atoms with Gasteiger partial charge < -0.3 is 5.32 Å². The van der Waals surface area contributed by atoms with E-state index in [9.17, 15) is 4.79 Å². The zero-order valence-electron chi connectivity index (χ0n) is 12.9. The number of hydrogen-bond acceptors (Lipinski definition) is 2. The number of thioether (sulfide) groups is 1. The van der Waals surface area contributed by atoms with Gasteiger partial charge in [0, 0.05) is 12.3 Å². The third-order valence-electron chi connectivity index (χ3n) is 3.74. The van der Waals surface area contributed by atoms with Gasteiger partial charge in [-0.3, -0.25) is 4.79 Å². The second-order valence-corrected chi connectivity index (χ2v) is 6.68. The first-order valence-corrected chi connectivity index (χ1v) is 8.97. The molecule has 1 N–H and O–H groups in total. The number of carbonyl (C=O) groups is 1. The van der Waals surface area contributed by atoms with Gasteiger partial charge in [-0.05, 0) is 44.6 Å². The predicted octanol–water partition coefficient (Wildman–Crippen LogP) is 4.23. The molecule has 1 aliphatic carbocycles. The molecule has 2 nitrogen and oxygen atoms in total. The highest BCUT2D eigenvalue weighted by Gasteiger charge is 2.05. The standard InChI is InChI=1S/C18H25NOS/c1-15-6-5-9-17(12-15)13-21-14-18(20)19-11-10-16-7-3-2-4-8-16/h5-7,9,12H,2-4,8,10-11,13-14H2,1H3,(H,19,20). The second-order valence-electron chi connectivity index (χ2n) is 5.69. The molecule has 1 aromatic rings. The Kier molecular flexibility index (Phi) is 6.87. The number of aryl methyl sites for hydroxylation is 1. The van der Waals surface area contributed by atoms with E-state index in [0.717, 1.165) is 18.7 Å². The predicted molar refractivity (Wildman–Crippen MR) is 91.5 cm³/mol.